The Labute approximate surface area is 117 Å². The minimum atomic E-state index is 0.544. The maximum absolute atomic E-state index is 5.66. The van der Waals surface area contributed by atoms with Crippen LogP contribution in [0, 0.1) is 0 Å². The highest BCUT2D eigenvalue weighted by Crippen LogP contribution is 2.37. The van der Waals surface area contributed by atoms with Crippen LogP contribution in [0.3, 0.4) is 0 Å². The Balaban J connectivity index is 1.55. The van der Waals surface area contributed by atoms with E-state index >= 15 is 0 Å². The van der Waals surface area contributed by atoms with Crippen molar-refractivity contribution in [3.63, 3.8) is 0 Å². The highest BCUT2D eigenvalue weighted by molar-refractivity contribution is 8.00. The summed E-state index contributed by atoms with van der Waals surface area (Å²) < 4.78 is 6.20. The molecule has 1 saturated heterocycles. The van der Waals surface area contributed by atoms with Crippen molar-refractivity contribution >= 4 is 11.8 Å². The summed E-state index contributed by atoms with van der Waals surface area (Å²) >= 11 is 2.09. The number of thioether (sulfide) groups is 1. The first-order chi connectivity index (χ1) is 8.85. The number of ether oxygens (including phenoxy) is 1. The molecule has 18 heavy (non-hydrogen) atoms. The third-order valence-corrected chi connectivity index (χ3v) is 5.97. The summed E-state index contributed by atoms with van der Waals surface area (Å²) in [5.41, 5.74) is 0. The van der Waals surface area contributed by atoms with Crippen molar-refractivity contribution in [3.8, 4) is 0 Å². The summed E-state index contributed by atoms with van der Waals surface area (Å²) in [4.78, 5) is 0. The number of hydrogen-bond donors (Lipinski definition) is 1. The summed E-state index contributed by atoms with van der Waals surface area (Å²) in [5, 5.41) is 3.69. The van der Waals surface area contributed by atoms with Gasteiger partial charge in [0.2, 0.25) is 0 Å². The molecule has 1 N–H and O–H groups in total. The maximum Gasteiger partial charge on any atom is 0.0576 e. The molecule has 1 unspecified atom stereocenters. The molecular weight excluding hydrogens is 242 g/mol. The largest absolute Gasteiger partial charge is 0.378 e. The van der Waals surface area contributed by atoms with Crippen LogP contribution < -0.4 is 5.32 Å². The molecule has 1 heterocycles. The van der Waals surface area contributed by atoms with Gasteiger partial charge in [0.15, 0.2) is 0 Å². The molecule has 2 nitrogen and oxygen atoms in total. The number of hydrogen-bond acceptors (Lipinski definition) is 3. The molecule has 1 aliphatic carbocycles. The fourth-order valence-electron chi connectivity index (χ4n) is 3.29. The first-order valence-corrected chi connectivity index (χ1v) is 8.95. The second-order valence-corrected chi connectivity index (χ2v) is 7.18. The van der Waals surface area contributed by atoms with E-state index in [2.05, 4.69) is 23.3 Å². The molecule has 0 bridgehead atoms. The molecule has 0 aromatic carbocycles. The summed E-state index contributed by atoms with van der Waals surface area (Å²) in [7, 11) is 0. The molecule has 0 aromatic rings. The Morgan fingerprint density at radius 3 is 2.72 bits per heavy atom. The zero-order chi connectivity index (χ0) is 12.7. The van der Waals surface area contributed by atoms with Gasteiger partial charge < -0.3 is 10.1 Å². The van der Waals surface area contributed by atoms with Crippen LogP contribution in [0.2, 0.25) is 0 Å². The van der Waals surface area contributed by atoms with E-state index in [4.69, 9.17) is 4.74 Å². The second kappa shape index (κ2) is 7.76. The lowest BCUT2D eigenvalue weighted by atomic mass is 9.88. The Morgan fingerprint density at radius 2 is 2.06 bits per heavy atom. The lowest BCUT2D eigenvalue weighted by Gasteiger charge is -2.36. The molecular formula is C15H29NOS. The van der Waals surface area contributed by atoms with E-state index in [-0.39, 0.29) is 0 Å². The smallest absolute Gasteiger partial charge is 0.0576 e. The molecule has 1 aliphatic heterocycles. The van der Waals surface area contributed by atoms with Crippen molar-refractivity contribution in [2.45, 2.75) is 68.6 Å². The van der Waals surface area contributed by atoms with Gasteiger partial charge in [-0.2, -0.15) is 11.8 Å². The Bertz CT molecular complexity index is 223. The molecule has 2 rings (SSSR count). The van der Waals surface area contributed by atoms with E-state index in [0.29, 0.717) is 10.9 Å². The zero-order valence-electron chi connectivity index (χ0n) is 11.9. The monoisotopic (exact) mass is 271 g/mol. The molecule has 0 amide bonds. The summed E-state index contributed by atoms with van der Waals surface area (Å²) in [6.07, 6.45) is 15.1. The highest BCUT2D eigenvalue weighted by atomic mass is 32.2. The van der Waals surface area contributed by atoms with Crippen molar-refractivity contribution in [1.82, 2.24) is 5.32 Å². The molecule has 1 atom stereocenters. The topological polar surface area (TPSA) is 21.3 Å². The van der Waals surface area contributed by atoms with Crippen LogP contribution in [0.1, 0.15) is 57.8 Å². The van der Waals surface area contributed by atoms with Crippen LogP contribution in [0.25, 0.3) is 0 Å². The molecule has 0 aromatic heterocycles. The van der Waals surface area contributed by atoms with E-state index in [1.165, 1.54) is 70.9 Å². The van der Waals surface area contributed by atoms with Gasteiger partial charge in [-0.3, -0.25) is 0 Å². The van der Waals surface area contributed by atoms with E-state index in [0.717, 1.165) is 6.61 Å². The molecule has 0 spiro atoms. The van der Waals surface area contributed by atoms with Gasteiger partial charge in [-0.1, -0.05) is 19.3 Å². The SMILES string of the molecule is CSC1(CNCCCC2CCCO2)CCCCC1. The molecule has 106 valence electrons. The number of nitrogens with one attached hydrogen (secondary N) is 1. The van der Waals surface area contributed by atoms with Gasteiger partial charge in [0.25, 0.3) is 0 Å². The van der Waals surface area contributed by atoms with Gasteiger partial charge in [-0.25, -0.2) is 0 Å². The minimum Gasteiger partial charge on any atom is -0.378 e. The number of rotatable bonds is 7. The van der Waals surface area contributed by atoms with Crippen LogP contribution in [0.5, 0.6) is 0 Å². The molecule has 2 fully saturated rings. The van der Waals surface area contributed by atoms with Gasteiger partial charge >= 0.3 is 0 Å². The fraction of sp³-hybridized carbons (Fsp3) is 1.00. The Morgan fingerprint density at radius 1 is 1.22 bits per heavy atom. The highest BCUT2D eigenvalue weighted by Gasteiger charge is 2.30. The van der Waals surface area contributed by atoms with Gasteiger partial charge in [-0.15, -0.1) is 0 Å². The lowest BCUT2D eigenvalue weighted by molar-refractivity contribution is 0.102. The summed E-state index contributed by atoms with van der Waals surface area (Å²) in [6.45, 7) is 3.37. The quantitative estimate of drug-likeness (QED) is 0.715. The van der Waals surface area contributed by atoms with Gasteiger partial charge in [0, 0.05) is 17.9 Å². The predicted octanol–water partition coefficient (Wildman–Crippen LogP) is 3.60. The minimum absolute atomic E-state index is 0.544. The first kappa shape index (κ1) is 14.7. The van der Waals surface area contributed by atoms with Crippen LogP contribution in [0.4, 0.5) is 0 Å². The third kappa shape index (κ3) is 4.43. The van der Waals surface area contributed by atoms with E-state index in [1.54, 1.807) is 0 Å². The third-order valence-electron chi connectivity index (χ3n) is 4.55. The van der Waals surface area contributed by atoms with Crippen molar-refractivity contribution in [1.29, 1.82) is 0 Å². The van der Waals surface area contributed by atoms with Crippen LogP contribution in [-0.2, 0) is 4.74 Å². The van der Waals surface area contributed by atoms with Gasteiger partial charge in [0.1, 0.15) is 0 Å². The standard InChI is InChI=1S/C15H29NOS/c1-18-15(9-3-2-4-10-15)13-16-11-5-7-14-8-6-12-17-14/h14,16H,2-13H2,1H3. The molecule has 1 saturated carbocycles. The van der Waals surface area contributed by atoms with Crippen molar-refractivity contribution < 1.29 is 4.74 Å². The summed E-state index contributed by atoms with van der Waals surface area (Å²) in [5.74, 6) is 0. The van der Waals surface area contributed by atoms with Crippen LogP contribution in [-0.4, -0.2) is 36.8 Å². The molecule has 2 aliphatic rings. The lowest BCUT2D eigenvalue weighted by Crippen LogP contribution is -2.39. The predicted molar refractivity (Wildman–Crippen MR) is 80.4 cm³/mol. The summed E-state index contributed by atoms with van der Waals surface area (Å²) in [6, 6.07) is 0. The Hall–Kier alpha value is 0.270. The van der Waals surface area contributed by atoms with Crippen LogP contribution >= 0.6 is 11.8 Å². The van der Waals surface area contributed by atoms with Gasteiger partial charge in [-0.05, 0) is 51.3 Å². The maximum atomic E-state index is 5.66. The fourth-order valence-corrected chi connectivity index (χ4v) is 4.24. The van der Waals surface area contributed by atoms with E-state index in [9.17, 15) is 0 Å². The van der Waals surface area contributed by atoms with Crippen molar-refractivity contribution in [3.05, 3.63) is 0 Å². The Kier molecular flexibility index (Phi) is 6.33. The van der Waals surface area contributed by atoms with Crippen molar-refractivity contribution in [2.24, 2.45) is 0 Å². The van der Waals surface area contributed by atoms with Crippen molar-refractivity contribution in [2.75, 3.05) is 26.0 Å². The van der Waals surface area contributed by atoms with Gasteiger partial charge in [0.05, 0.1) is 6.10 Å². The van der Waals surface area contributed by atoms with Crippen LogP contribution in [0.15, 0.2) is 0 Å². The average Bonchev–Trinajstić information content (AvgIpc) is 2.93. The molecule has 3 heteroatoms. The zero-order valence-corrected chi connectivity index (χ0v) is 12.7. The second-order valence-electron chi connectivity index (χ2n) is 5.90. The van der Waals surface area contributed by atoms with E-state index < -0.39 is 0 Å². The normalized spacial score (nSPS) is 27.5. The first-order valence-electron chi connectivity index (χ1n) is 7.72. The average molecular weight is 271 g/mol. The molecule has 0 radical (unpaired) electrons. The van der Waals surface area contributed by atoms with E-state index in [1.807, 2.05) is 0 Å².